The van der Waals surface area contributed by atoms with Gasteiger partial charge in [0.2, 0.25) is 5.91 Å². The molecule has 0 saturated heterocycles. The van der Waals surface area contributed by atoms with Gasteiger partial charge in [-0.1, -0.05) is 11.6 Å². The summed E-state index contributed by atoms with van der Waals surface area (Å²) < 4.78 is 12.5. The van der Waals surface area contributed by atoms with E-state index in [2.05, 4.69) is 24.3 Å². The van der Waals surface area contributed by atoms with Gasteiger partial charge in [-0.2, -0.15) is 5.10 Å². The van der Waals surface area contributed by atoms with Crippen LogP contribution in [0.4, 0.5) is 5.69 Å². The van der Waals surface area contributed by atoms with Crippen molar-refractivity contribution in [3.63, 3.8) is 0 Å². The fourth-order valence-electron chi connectivity index (χ4n) is 4.27. The number of rotatable bonds is 8. The number of phenols is 1. The Kier molecular flexibility index (Phi) is 7.15. The highest BCUT2D eigenvalue weighted by atomic mass is 16.5. The van der Waals surface area contributed by atoms with Crippen molar-refractivity contribution in [2.45, 2.75) is 73.5 Å². The van der Waals surface area contributed by atoms with Crippen LogP contribution in [-0.4, -0.2) is 33.9 Å². The minimum Gasteiger partial charge on any atom is -0.507 e. The maximum absolute atomic E-state index is 12.6. The van der Waals surface area contributed by atoms with E-state index in [0.717, 1.165) is 28.2 Å². The number of hydrogen-bond donors (Lipinski definition) is 2. The van der Waals surface area contributed by atoms with Crippen LogP contribution in [0.15, 0.2) is 11.6 Å². The van der Waals surface area contributed by atoms with Crippen LogP contribution < -0.4 is 10.1 Å². The van der Waals surface area contributed by atoms with Crippen molar-refractivity contribution in [1.29, 1.82) is 0 Å². The average molecular weight is 456 g/mol. The summed E-state index contributed by atoms with van der Waals surface area (Å²) in [7, 11) is 1.54. The number of carbonyl (C=O) groups excluding carboxylic acids is 2. The summed E-state index contributed by atoms with van der Waals surface area (Å²) in [4.78, 5) is 24.6. The molecule has 1 aromatic heterocycles. The standard InChI is InChI=1S/C25H33N3O5/c1-13(2)28-17(6)22(16(5)27-28)26-20(29)11-9-14(3)8-10-18-23(30)21-19(12-33-25(21)31)15(4)24(18)32-7/h8,13,30H,9-12H2,1-7H3,(H,26,29). The lowest BCUT2D eigenvalue weighted by Gasteiger charge is -2.15. The molecule has 1 amide bonds. The summed E-state index contributed by atoms with van der Waals surface area (Å²) in [5.74, 6) is -0.128. The quantitative estimate of drug-likeness (QED) is 0.443. The number of allylic oxidation sites excluding steroid dienone is 2. The summed E-state index contributed by atoms with van der Waals surface area (Å²) in [6, 6.07) is 0.220. The minimum atomic E-state index is -0.516. The van der Waals surface area contributed by atoms with Gasteiger partial charge in [-0.05, 0) is 59.9 Å². The molecule has 0 unspecified atom stereocenters. The molecule has 3 rings (SSSR count). The molecule has 0 saturated carbocycles. The summed E-state index contributed by atoms with van der Waals surface area (Å²) in [5.41, 5.74) is 5.74. The average Bonchev–Trinajstić information content (AvgIpc) is 3.29. The number of methoxy groups -OCH3 is 1. The van der Waals surface area contributed by atoms with Crippen molar-refractivity contribution in [3.8, 4) is 11.5 Å². The highest BCUT2D eigenvalue weighted by Gasteiger charge is 2.31. The van der Waals surface area contributed by atoms with Crippen molar-refractivity contribution < 1.29 is 24.2 Å². The SMILES string of the molecule is COc1c(C)c2c(c(O)c1CC=C(C)CCC(=O)Nc1c(C)nn(C(C)C)c1C)C(=O)OC2. The molecular formula is C25H33N3O5. The van der Waals surface area contributed by atoms with Crippen LogP contribution in [0.2, 0.25) is 0 Å². The minimum absolute atomic E-state index is 0.0752. The smallest absolute Gasteiger partial charge is 0.342 e. The number of aromatic nitrogens is 2. The number of cyclic esters (lactones) is 1. The van der Waals surface area contributed by atoms with Crippen LogP contribution in [0, 0.1) is 20.8 Å². The summed E-state index contributed by atoms with van der Waals surface area (Å²) in [5, 5.41) is 18.2. The molecule has 1 aliphatic heterocycles. The van der Waals surface area contributed by atoms with Crippen LogP contribution in [0.1, 0.15) is 78.1 Å². The molecular weight excluding hydrogens is 422 g/mol. The Balaban J connectivity index is 1.69. The zero-order chi connectivity index (χ0) is 24.4. The zero-order valence-corrected chi connectivity index (χ0v) is 20.5. The Hall–Kier alpha value is -3.29. The first-order valence-corrected chi connectivity index (χ1v) is 11.2. The van der Waals surface area contributed by atoms with Gasteiger partial charge in [-0.15, -0.1) is 0 Å². The zero-order valence-electron chi connectivity index (χ0n) is 20.5. The number of carbonyl (C=O) groups is 2. The van der Waals surface area contributed by atoms with E-state index in [0.29, 0.717) is 36.1 Å². The number of benzene rings is 1. The van der Waals surface area contributed by atoms with Gasteiger partial charge in [0.05, 0.1) is 24.2 Å². The molecule has 0 bridgehead atoms. The van der Waals surface area contributed by atoms with Gasteiger partial charge in [-0.3, -0.25) is 9.48 Å². The third-order valence-electron chi connectivity index (χ3n) is 6.13. The Bertz CT molecular complexity index is 1130. The van der Waals surface area contributed by atoms with Crippen molar-refractivity contribution in [2.24, 2.45) is 0 Å². The van der Waals surface area contributed by atoms with E-state index in [1.807, 2.05) is 38.5 Å². The number of amides is 1. The third kappa shape index (κ3) is 4.74. The van der Waals surface area contributed by atoms with Crippen molar-refractivity contribution in [2.75, 3.05) is 12.4 Å². The predicted octanol–water partition coefficient (Wildman–Crippen LogP) is 4.68. The lowest BCUT2D eigenvalue weighted by Crippen LogP contribution is -2.13. The molecule has 0 spiro atoms. The number of fused-ring (bicyclic) bond motifs is 1. The second kappa shape index (κ2) is 9.68. The van der Waals surface area contributed by atoms with Crippen molar-refractivity contribution in [1.82, 2.24) is 9.78 Å². The number of esters is 1. The van der Waals surface area contributed by atoms with E-state index in [1.54, 1.807) is 7.11 Å². The highest BCUT2D eigenvalue weighted by molar-refractivity contribution is 5.98. The van der Waals surface area contributed by atoms with Crippen LogP contribution in [-0.2, 0) is 22.6 Å². The van der Waals surface area contributed by atoms with Gasteiger partial charge in [0.25, 0.3) is 0 Å². The van der Waals surface area contributed by atoms with Gasteiger partial charge in [0.1, 0.15) is 23.7 Å². The fraction of sp³-hybridized carbons (Fsp3) is 0.480. The first-order chi connectivity index (χ1) is 15.6. The van der Waals surface area contributed by atoms with Crippen LogP contribution >= 0.6 is 0 Å². The van der Waals surface area contributed by atoms with E-state index in [9.17, 15) is 14.7 Å². The number of aromatic hydroxyl groups is 1. The second-order valence-electron chi connectivity index (χ2n) is 8.80. The molecule has 0 radical (unpaired) electrons. The van der Waals surface area contributed by atoms with Gasteiger partial charge in [0, 0.05) is 23.6 Å². The molecule has 2 heterocycles. The molecule has 0 atom stereocenters. The highest BCUT2D eigenvalue weighted by Crippen LogP contribution is 2.42. The number of aryl methyl sites for hydroxylation is 1. The Morgan fingerprint density at radius 3 is 2.61 bits per heavy atom. The predicted molar refractivity (Wildman–Crippen MR) is 126 cm³/mol. The van der Waals surface area contributed by atoms with Gasteiger partial charge < -0.3 is 19.9 Å². The van der Waals surface area contributed by atoms with Crippen LogP contribution in [0.3, 0.4) is 0 Å². The molecule has 8 nitrogen and oxygen atoms in total. The molecule has 2 aromatic rings. The molecule has 178 valence electrons. The lowest BCUT2D eigenvalue weighted by atomic mass is 9.94. The molecule has 8 heteroatoms. The van der Waals surface area contributed by atoms with Crippen molar-refractivity contribution in [3.05, 3.63) is 45.3 Å². The third-order valence-corrected chi connectivity index (χ3v) is 6.13. The van der Waals surface area contributed by atoms with E-state index < -0.39 is 5.97 Å². The van der Waals surface area contributed by atoms with Crippen LogP contribution in [0.25, 0.3) is 0 Å². The summed E-state index contributed by atoms with van der Waals surface area (Å²) in [6.07, 6.45) is 3.22. The molecule has 2 N–H and O–H groups in total. The number of phenolic OH excluding ortho intramolecular Hbond substituents is 1. The van der Waals surface area contributed by atoms with E-state index in [4.69, 9.17) is 9.47 Å². The normalized spacial score (nSPS) is 13.3. The van der Waals surface area contributed by atoms with E-state index >= 15 is 0 Å². The number of anilines is 1. The maximum Gasteiger partial charge on any atom is 0.342 e. The maximum atomic E-state index is 12.6. The van der Waals surface area contributed by atoms with Gasteiger partial charge >= 0.3 is 5.97 Å². The second-order valence-corrected chi connectivity index (χ2v) is 8.80. The first-order valence-electron chi connectivity index (χ1n) is 11.2. The fourth-order valence-corrected chi connectivity index (χ4v) is 4.27. The van der Waals surface area contributed by atoms with Gasteiger partial charge in [0.15, 0.2) is 0 Å². The monoisotopic (exact) mass is 455 g/mol. The first kappa shape index (κ1) is 24.4. The van der Waals surface area contributed by atoms with Crippen LogP contribution in [0.5, 0.6) is 11.5 Å². The summed E-state index contributed by atoms with van der Waals surface area (Å²) in [6.45, 7) is 11.9. The Morgan fingerprint density at radius 2 is 2.00 bits per heavy atom. The number of nitrogens with zero attached hydrogens (tertiary/aromatic N) is 2. The topological polar surface area (TPSA) is 103 Å². The largest absolute Gasteiger partial charge is 0.507 e. The molecule has 33 heavy (non-hydrogen) atoms. The molecule has 1 aliphatic rings. The number of hydrogen-bond acceptors (Lipinski definition) is 6. The Morgan fingerprint density at radius 1 is 1.30 bits per heavy atom. The lowest BCUT2D eigenvalue weighted by molar-refractivity contribution is -0.116. The Labute approximate surface area is 194 Å². The van der Waals surface area contributed by atoms with Gasteiger partial charge in [-0.25, -0.2) is 4.79 Å². The summed E-state index contributed by atoms with van der Waals surface area (Å²) >= 11 is 0. The number of ether oxygens (including phenoxy) is 2. The van der Waals surface area contributed by atoms with E-state index in [-0.39, 0.29) is 29.9 Å². The molecule has 1 aromatic carbocycles. The van der Waals surface area contributed by atoms with Crippen molar-refractivity contribution >= 4 is 17.6 Å². The van der Waals surface area contributed by atoms with E-state index in [1.165, 1.54) is 0 Å². The number of nitrogens with one attached hydrogen (secondary N) is 1. The molecule has 0 aliphatic carbocycles. The molecule has 0 fully saturated rings.